The predicted octanol–water partition coefficient (Wildman–Crippen LogP) is 2.20. The van der Waals surface area contributed by atoms with Gasteiger partial charge in [-0.2, -0.15) is 0 Å². The lowest BCUT2D eigenvalue weighted by atomic mass is 10.1. The number of ether oxygens (including phenoxy) is 3. The van der Waals surface area contributed by atoms with Crippen molar-refractivity contribution >= 4 is 0 Å². The second kappa shape index (κ2) is 5.69. The second-order valence-electron chi connectivity index (χ2n) is 4.32. The summed E-state index contributed by atoms with van der Waals surface area (Å²) in [5.41, 5.74) is 0. The molecule has 0 amide bonds. The highest BCUT2D eigenvalue weighted by Crippen LogP contribution is 2.20. The zero-order valence-corrected chi connectivity index (χ0v) is 9.54. The fourth-order valence-electron chi connectivity index (χ4n) is 1.32. The Morgan fingerprint density at radius 1 is 1.29 bits per heavy atom. The van der Waals surface area contributed by atoms with Crippen LogP contribution >= 0.6 is 0 Å². The molecule has 1 saturated heterocycles. The lowest BCUT2D eigenvalue weighted by Crippen LogP contribution is -2.40. The minimum Gasteiger partial charge on any atom is -0.381 e. The van der Waals surface area contributed by atoms with Gasteiger partial charge in [0, 0.05) is 12.5 Å². The summed E-state index contributed by atoms with van der Waals surface area (Å²) >= 11 is 0. The Hall–Kier alpha value is -0.120. The Kier molecular flexibility index (Phi) is 4.85. The third-order valence-electron chi connectivity index (χ3n) is 2.33. The monoisotopic (exact) mass is 202 g/mol. The summed E-state index contributed by atoms with van der Waals surface area (Å²) in [7, 11) is 0. The van der Waals surface area contributed by atoms with Gasteiger partial charge in [0.25, 0.3) is 0 Å². The van der Waals surface area contributed by atoms with Crippen LogP contribution in [0.3, 0.4) is 0 Å². The van der Waals surface area contributed by atoms with Gasteiger partial charge in [-0.25, -0.2) is 0 Å². The smallest absolute Gasteiger partial charge is 0.162 e. The molecular weight excluding hydrogens is 180 g/mol. The SMILES string of the molecule is CCCCOCC1COC(C)(C)OC1. The summed E-state index contributed by atoms with van der Waals surface area (Å²) in [6, 6.07) is 0. The molecule has 0 saturated carbocycles. The van der Waals surface area contributed by atoms with Crippen LogP contribution in [0.5, 0.6) is 0 Å². The molecule has 0 spiro atoms. The maximum absolute atomic E-state index is 5.53. The van der Waals surface area contributed by atoms with E-state index in [-0.39, 0.29) is 0 Å². The highest BCUT2D eigenvalue weighted by Gasteiger charge is 2.28. The fraction of sp³-hybridized carbons (Fsp3) is 1.00. The van der Waals surface area contributed by atoms with Gasteiger partial charge in [0.15, 0.2) is 5.79 Å². The van der Waals surface area contributed by atoms with E-state index in [4.69, 9.17) is 14.2 Å². The Morgan fingerprint density at radius 2 is 1.93 bits per heavy atom. The van der Waals surface area contributed by atoms with Gasteiger partial charge >= 0.3 is 0 Å². The van der Waals surface area contributed by atoms with E-state index in [9.17, 15) is 0 Å². The van der Waals surface area contributed by atoms with Crippen LogP contribution in [0.2, 0.25) is 0 Å². The van der Waals surface area contributed by atoms with Crippen LogP contribution in [0.1, 0.15) is 33.6 Å². The first-order valence-corrected chi connectivity index (χ1v) is 5.49. The summed E-state index contributed by atoms with van der Waals surface area (Å²) in [6.07, 6.45) is 2.32. The van der Waals surface area contributed by atoms with Gasteiger partial charge in [0.05, 0.1) is 19.8 Å². The van der Waals surface area contributed by atoms with Crippen LogP contribution < -0.4 is 0 Å². The van der Waals surface area contributed by atoms with Crippen LogP contribution in [0, 0.1) is 5.92 Å². The van der Waals surface area contributed by atoms with Crippen molar-refractivity contribution in [2.24, 2.45) is 5.92 Å². The minimum absolute atomic E-state index is 0.403. The Balaban J connectivity index is 2.04. The van der Waals surface area contributed by atoms with Crippen molar-refractivity contribution in [3.05, 3.63) is 0 Å². The van der Waals surface area contributed by atoms with Gasteiger partial charge in [0.2, 0.25) is 0 Å². The Bertz CT molecular complexity index is 147. The van der Waals surface area contributed by atoms with Crippen molar-refractivity contribution in [3.63, 3.8) is 0 Å². The lowest BCUT2D eigenvalue weighted by molar-refractivity contribution is -0.266. The molecule has 1 rings (SSSR count). The van der Waals surface area contributed by atoms with E-state index >= 15 is 0 Å². The third kappa shape index (κ3) is 4.40. The molecule has 0 aromatic rings. The first kappa shape index (κ1) is 12.0. The first-order chi connectivity index (χ1) is 6.64. The highest BCUT2D eigenvalue weighted by atomic mass is 16.7. The van der Waals surface area contributed by atoms with Crippen LogP contribution in [0.4, 0.5) is 0 Å². The normalized spacial score (nSPS) is 22.5. The zero-order valence-electron chi connectivity index (χ0n) is 9.54. The summed E-state index contributed by atoms with van der Waals surface area (Å²) < 4.78 is 16.6. The van der Waals surface area contributed by atoms with Gasteiger partial charge in [-0.1, -0.05) is 13.3 Å². The second-order valence-corrected chi connectivity index (χ2v) is 4.32. The van der Waals surface area contributed by atoms with E-state index in [1.54, 1.807) is 0 Å². The minimum atomic E-state index is -0.403. The van der Waals surface area contributed by atoms with Gasteiger partial charge < -0.3 is 14.2 Å². The average Bonchev–Trinajstić information content (AvgIpc) is 2.15. The van der Waals surface area contributed by atoms with E-state index in [2.05, 4.69) is 6.92 Å². The molecule has 84 valence electrons. The van der Waals surface area contributed by atoms with Gasteiger partial charge in [-0.05, 0) is 20.3 Å². The van der Waals surface area contributed by atoms with Crippen LogP contribution in [-0.4, -0.2) is 32.2 Å². The van der Waals surface area contributed by atoms with Gasteiger partial charge in [-0.3, -0.25) is 0 Å². The van der Waals surface area contributed by atoms with Crippen molar-refractivity contribution in [2.75, 3.05) is 26.4 Å². The molecule has 0 aliphatic carbocycles. The van der Waals surface area contributed by atoms with Gasteiger partial charge in [0.1, 0.15) is 0 Å². The maximum Gasteiger partial charge on any atom is 0.162 e. The quantitative estimate of drug-likeness (QED) is 0.640. The van der Waals surface area contributed by atoms with E-state index in [1.807, 2.05) is 13.8 Å². The van der Waals surface area contributed by atoms with Crippen LogP contribution in [-0.2, 0) is 14.2 Å². The largest absolute Gasteiger partial charge is 0.381 e. The van der Waals surface area contributed by atoms with Gasteiger partial charge in [-0.15, -0.1) is 0 Å². The molecule has 3 heteroatoms. The van der Waals surface area contributed by atoms with E-state index in [0.717, 1.165) is 32.8 Å². The lowest BCUT2D eigenvalue weighted by Gasteiger charge is -2.34. The van der Waals surface area contributed by atoms with E-state index in [1.165, 1.54) is 6.42 Å². The molecule has 1 aliphatic heterocycles. The van der Waals surface area contributed by atoms with Crippen molar-refractivity contribution in [1.29, 1.82) is 0 Å². The molecular formula is C11H22O3. The van der Waals surface area contributed by atoms with Crippen LogP contribution in [0.15, 0.2) is 0 Å². The number of unbranched alkanes of at least 4 members (excludes halogenated alkanes) is 1. The molecule has 0 aromatic heterocycles. The summed E-state index contributed by atoms with van der Waals surface area (Å²) in [5, 5.41) is 0. The number of rotatable bonds is 5. The molecule has 0 atom stereocenters. The van der Waals surface area contributed by atoms with E-state index in [0.29, 0.717) is 5.92 Å². The van der Waals surface area contributed by atoms with Crippen molar-refractivity contribution < 1.29 is 14.2 Å². The molecule has 0 unspecified atom stereocenters. The first-order valence-electron chi connectivity index (χ1n) is 5.49. The fourth-order valence-corrected chi connectivity index (χ4v) is 1.32. The molecule has 1 aliphatic rings. The molecule has 1 heterocycles. The standard InChI is InChI=1S/C11H22O3/c1-4-5-6-12-7-10-8-13-11(2,3)14-9-10/h10H,4-9H2,1-3H3. The summed E-state index contributed by atoms with van der Waals surface area (Å²) in [4.78, 5) is 0. The maximum atomic E-state index is 5.53. The zero-order chi connectivity index (χ0) is 10.4. The summed E-state index contributed by atoms with van der Waals surface area (Å²) in [5.74, 6) is -0.000191. The molecule has 3 nitrogen and oxygen atoms in total. The molecule has 1 fully saturated rings. The van der Waals surface area contributed by atoms with Crippen molar-refractivity contribution in [2.45, 2.75) is 39.4 Å². The number of hydrogen-bond donors (Lipinski definition) is 0. The van der Waals surface area contributed by atoms with Crippen molar-refractivity contribution in [1.82, 2.24) is 0 Å². The Labute approximate surface area is 86.7 Å². The Morgan fingerprint density at radius 3 is 2.50 bits per heavy atom. The van der Waals surface area contributed by atoms with E-state index < -0.39 is 5.79 Å². The molecule has 0 radical (unpaired) electrons. The topological polar surface area (TPSA) is 27.7 Å². The highest BCUT2D eigenvalue weighted by molar-refractivity contribution is 4.66. The molecule has 0 bridgehead atoms. The molecule has 0 N–H and O–H groups in total. The third-order valence-corrected chi connectivity index (χ3v) is 2.33. The van der Waals surface area contributed by atoms with Crippen LogP contribution in [0.25, 0.3) is 0 Å². The summed E-state index contributed by atoms with van der Waals surface area (Å²) in [6.45, 7) is 9.17. The average molecular weight is 202 g/mol. The molecule has 14 heavy (non-hydrogen) atoms. The predicted molar refractivity (Wildman–Crippen MR) is 55.2 cm³/mol. The molecule has 0 aromatic carbocycles. The van der Waals surface area contributed by atoms with Crippen molar-refractivity contribution in [3.8, 4) is 0 Å². The number of hydrogen-bond acceptors (Lipinski definition) is 3.